The monoisotopic (exact) mass is 354 g/mol. The highest BCUT2D eigenvalue weighted by Gasteiger charge is 2.08. The lowest BCUT2D eigenvalue weighted by Gasteiger charge is -2.19. The summed E-state index contributed by atoms with van der Waals surface area (Å²) in [4.78, 5) is 2.00. The molecule has 0 saturated heterocycles. The third kappa shape index (κ3) is 4.17. The Morgan fingerprint density at radius 3 is 2.57 bits per heavy atom. The van der Waals surface area contributed by atoms with Gasteiger partial charge >= 0.3 is 0 Å². The van der Waals surface area contributed by atoms with Gasteiger partial charge in [0.2, 0.25) is 0 Å². The van der Waals surface area contributed by atoms with Gasteiger partial charge in [0.1, 0.15) is 0 Å². The van der Waals surface area contributed by atoms with E-state index in [2.05, 4.69) is 21.2 Å². The first kappa shape index (κ1) is 15.8. The highest BCUT2D eigenvalue weighted by atomic mass is 79.9. The zero-order valence-corrected chi connectivity index (χ0v) is 13.5. The highest BCUT2D eigenvalue weighted by Crippen LogP contribution is 2.28. The van der Waals surface area contributed by atoms with Crippen molar-refractivity contribution in [3.05, 3.63) is 58.1 Å². The largest absolute Gasteiger partial charge is 0.379 e. The first-order valence-electron chi connectivity index (χ1n) is 6.55. The quantitative estimate of drug-likeness (QED) is 0.806. The van der Waals surface area contributed by atoms with Crippen molar-refractivity contribution >= 4 is 27.3 Å². The molecule has 0 unspecified atom stereocenters. The molecule has 0 radical (unpaired) electrons. The summed E-state index contributed by atoms with van der Waals surface area (Å²) in [6.07, 6.45) is -2.44. The third-order valence-corrected chi connectivity index (χ3v) is 3.62. The molecule has 0 spiro atoms. The maximum absolute atomic E-state index is 12.7. The molecule has 0 fully saturated rings. The molecule has 0 amide bonds. The molecule has 1 N–H and O–H groups in total. The second kappa shape index (κ2) is 6.89. The second-order valence-electron chi connectivity index (χ2n) is 4.96. The summed E-state index contributed by atoms with van der Waals surface area (Å²) in [6.45, 7) is 0.498. The topological polar surface area (TPSA) is 15.3 Å². The first-order chi connectivity index (χ1) is 9.97. The van der Waals surface area contributed by atoms with Crippen LogP contribution >= 0.6 is 15.9 Å². The van der Waals surface area contributed by atoms with Crippen LogP contribution in [0.5, 0.6) is 0 Å². The van der Waals surface area contributed by atoms with Crippen LogP contribution in [-0.4, -0.2) is 14.1 Å². The zero-order chi connectivity index (χ0) is 15.4. The van der Waals surface area contributed by atoms with E-state index in [9.17, 15) is 8.78 Å². The average Bonchev–Trinajstić information content (AvgIpc) is 2.45. The van der Waals surface area contributed by atoms with Crippen LogP contribution in [0.1, 0.15) is 17.6 Å². The van der Waals surface area contributed by atoms with Crippen molar-refractivity contribution in [3.63, 3.8) is 0 Å². The Balaban J connectivity index is 2.16. The van der Waals surface area contributed by atoms with E-state index in [4.69, 9.17) is 0 Å². The molecular formula is C16H17BrF2N2. The summed E-state index contributed by atoms with van der Waals surface area (Å²) in [5.41, 5.74) is 2.88. The predicted octanol–water partition coefficient (Wildman–Crippen LogP) is 5.06. The number of anilines is 2. The number of rotatable bonds is 5. The lowest BCUT2D eigenvalue weighted by Crippen LogP contribution is -2.12. The van der Waals surface area contributed by atoms with Crippen LogP contribution in [0, 0.1) is 0 Å². The summed E-state index contributed by atoms with van der Waals surface area (Å²) in [7, 11) is 3.93. The highest BCUT2D eigenvalue weighted by molar-refractivity contribution is 9.10. The number of alkyl halides is 2. The molecule has 21 heavy (non-hydrogen) atoms. The van der Waals surface area contributed by atoms with Crippen molar-refractivity contribution in [1.29, 1.82) is 0 Å². The summed E-state index contributed by atoms with van der Waals surface area (Å²) < 4.78 is 26.4. The molecule has 2 rings (SSSR count). The fourth-order valence-electron chi connectivity index (χ4n) is 2.08. The smallest absolute Gasteiger partial charge is 0.263 e. The van der Waals surface area contributed by atoms with Crippen molar-refractivity contribution in [3.8, 4) is 0 Å². The minimum Gasteiger partial charge on any atom is -0.379 e. The Morgan fingerprint density at radius 2 is 1.90 bits per heavy atom. The van der Waals surface area contributed by atoms with Crippen LogP contribution in [0.2, 0.25) is 0 Å². The minimum absolute atomic E-state index is 0.0522. The normalized spacial score (nSPS) is 10.8. The van der Waals surface area contributed by atoms with E-state index in [1.54, 1.807) is 6.07 Å². The number of hydrogen-bond acceptors (Lipinski definition) is 2. The van der Waals surface area contributed by atoms with Crippen molar-refractivity contribution in [2.75, 3.05) is 24.3 Å². The molecule has 0 atom stereocenters. The molecular weight excluding hydrogens is 338 g/mol. The van der Waals surface area contributed by atoms with E-state index in [-0.39, 0.29) is 5.56 Å². The van der Waals surface area contributed by atoms with Crippen LogP contribution in [0.4, 0.5) is 20.2 Å². The van der Waals surface area contributed by atoms with Crippen LogP contribution in [0.3, 0.4) is 0 Å². The minimum atomic E-state index is -2.44. The maximum atomic E-state index is 12.7. The van der Waals surface area contributed by atoms with Crippen LogP contribution < -0.4 is 10.2 Å². The number of halogens is 3. The van der Waals surface area contributed by atoms with Gasteiger partial charge in [-0.3, -0.25) is 0 Å². The Hall–Kier alpha value is -1.62. The van der Waals surface area contributed by atoms with E-state index in [0.29, 0.717) is 6.54 Å². The maximum Gasteiger partial charge on any atom is 0.263 e. The number of nitrogens with one attached hydrogen (secondary N) is 1. The van der Waals surface area contributed by atoms with Crippen LogP contribution in [0.15, 0.2) is 46.9 Å². The van der Waals surface area contributed by atoms with Gasteiger partial charge in [0, 0.05) is 30.7 Å². The second-order valence-corrected chi connectivity index (χ2v) is 5.87. The van der Waals surface area contributed by atoms with E-state index in [1.807, 2.05) is 43.3 Å². The van der Waals surface area contributed by atoms with Crippen molar-refractivity contribution < 1.29 is 8.78 Å². The average molecular weight is 355 g/mol. The van der Waals surface area contributed by atoms with Gasteiger partial charge in [-0.25, -0.2) is 8.78 Å². The van der Waals surface area contributed by atoms with Crippen LogP contribution in [0.25, 0.3) is 0 Å². The molecule has 2 aromatic rings. The van der Waals surface area contributed by atoms with Gasteiger partial charge in [-0.1, -0.05) is 34.1 Å². The van der Waals surface area contributed by atoms with Crippen molar-refractivity contribution in [2.45, 2.75) is 13.0 Å². The fourth-order valence-corrected chi connectivity index (χ4v) is 2.44. The molecule has 0 aliphatic rings. The molecule has 112 valence electrons. The molecule has 0 saturated carbocycles. The Kier molecular flexibility index (Phi) is 5.17. The van der Waals surface area contributed by atoms with E-state index >= 15 is 0 Å². The molecule has 5 heteroatoms. The predicted molar refractivity (Wildman–Crippen MR) is 87.2 cm³/mol. The SMILES string of the molecule is CN(C)c1ccc(Br)cc1NCc1cccc(C(F)F)c1. The lowest BCUT2D eigenvalue weighted by molar-refractivity contribution is 0.151. The van der Waals surface area contributed by atoms with Crippen molar-refractivity contribution in [1.82, 2.24) is 0 Å². The van der Waals surface area contributed by atoms with Crippen molar-refractivity contribution in [2.24, 2.45) is 0 Å². The summed E-state index contributed by atoms with van der Waals surface area (Å²) in [5, 5.41) is 3.30. The van der Waals surface area contributed by atoms with E-state index < -0.39 is 6.43 Å². The molecule has 2 aromatic carbocycles. The van der Waals surface area contributed by atoms with Gasteiger partial charge in [-0.2, -0.15) is 0 Å². The molecule has 2 nitrogen and oxygen atoms in total. The summed E-state index contributed by atoms with van der Waals surface area (Å²) >= 11 is 3.44. The fraction of sp³-hybridized carbons (Fsp3) is 0.250. The lowest BCUT2D eigenvalue weighted by atomic mass is 10.1. The first-order valence-corrected chi connectivity index (χ1v) is 7.34. The van der Waals surface area contributed by atoms with Crippen LogP contribution in [-0.2, 0) is 6.54 Å². The van der Waals surface area contributed by atoms with Gasteiger partial charge in [0.05, 0.1) is 11.4 Å². The number of nitrogens with zero attached hydrogens (tertiary/aromatic N) is 1. The van der Waals surface area contributed by atoms with Gasteiger partial charge < -0.3 is 10.2 Å². The zero-order valence-electron chi connectivity index (χ0n) is 11.9. The molecule has 0 heterocycles. The summed E-state index contributed by atoms with van der Waals surface area (Å²) in [6, 6.07) is 12.4. The molecule has 0 aliphatic heterocycles. The Labute approximate surface area is 131 Å². The number of hydrogen-bond donors (Lipinski definition) is 1. The van der Waals surface area contributed by atoms with Gasteiger partial charge in [0.25, 0.3) is 6.43 Å². The van der Waals surface area contributed by atoms with E-state index in [0.717, 1.165) is 21.4 Å². The summed E-state index contributed by atoms with van der Waals surface area (Å²) in [5.74, 6) is 0. The van der Waals surface area contributed by atoms with Gasteiger partial charge in [0.15, 0.2) is 0 Å². The number of benzene rings is 2. The van der Waals surface area contributed by atoms with Gasteiger partial charge in [-0.15, -0.1) is 0 Å². The molecule has 0 aromatic heterocycles. The Morgan fingerprint density at radius 1 is 1.14 bits per heavy atom. The molecule has 0 bridgehead atoms. The van der Waals surface area contributed by atoms with E-state index in [1.165, 1.54) is 12.1 Å². The Bertz CT molecular complexity index is 615. The third-order valence-electron chi connectivity index (χ3n) is 3.13. The molecule has 0 aliphatic carbocycles. The standard InChI is InChI=1S/C16H17BrF2N2/c1-21(2)15-7-6-13(17)9-14(15)20-10-11-4-3-5-12(8-11)16(18)19/h3-9,16,20H,10H2,1-2H3. The van der Waals surface area contributed by atoms with Gasteiger partial charge in [-0.05, 0) is 29.8 Å².